The highest BCUT2D eigenvalue weighted by atomic mass is 32.1. The summed E-state index contributed by atoms with van der Waals surface area (Å²) in [5.74, 6) is -0.531. The summed E-state index contributed by atoms with van der Waals surface area (Å²) < 4.78 is 4.96. The Balaban J connectivity index is 0.00000324. The van der Waals surface area contributed by atoms with E-state index in [2.05, 4.69) is 20.8 Å². The van der Waals surface area contributed by atoms with Gasteiger partial charge in [-0.25, -0.2) is 0 Å². The number of hydrogen-bond acceptors (Lipinski definition) is 7. The highest BCUT2D eigenvalue weighted by Gasteiger charge is 2.19. The highest BCUT2D eigenvalue weighted by molar-refractivity contribution is 7.80. The highest BCUT2D eigenvalue weighted by Crippen LogP contribution is 2.27. The maximum absolute atomic E-state index is 12.5. The van der Waals surface area contributed by atoms with Gasteiger partial charge < -0.3 is 15.5 Å². The summed E-state index contributed by atoms with van der Waals surface area (Å²) in [6, 6.07) is 17.1. The minimum atomic E-state index is -0.618. The third kappa shape index (κ3) is 4.98. The molecule has 0 spiro atoms. The summed E-state index contributed by atoms with van der Waals surface area (Å²) >= 11 is 5.27. The van der Waals surface area contributed by atoms with Crippen LogP contribution in [0.1, 0.15) is 15.9 Å². The fraction of sp³-hybridized carbons (Fsp3) is 0.0909. The molecule has 0 radical (unpaired) electrons. The minimum Gasteiger partial charge on any atom is -0.490 e. The van der Waals surface area contributed by atoms with Crippen LogP contribution >= 0.6 is 12.2 Å². The second-order valence-electron chi connectivity index (χ2n) is 7.03. The Kier molecular flexibility index (Phi) is 7.14. The van der Waals surface area contributed by atoms with Crippen molar-refractivity contribution < 1.29 is 19.9 Å². The van der Waals surface area contributed by atoms with Crippen molar-refractivity contribution in [3.8, 4) is 11.4 Å². The molecule has 1 aromatic heterocycles. The lowest BCUT2D eigenvalue weighted by molar-refractivity contribution is -0.385. The molecule has 11 nitrogen and oxygen atoms in total. The molecule has 0 aliphatic carbocycles. The Hall–Kier alpha value is -4.42. The topological polar surface area (TPSA) is 156 Å². The number of methoxy groups -OCH3 is 1. The lowest BCUT2D eigenvalue weighted by Crippen LogP contribution is -2.34. The number of carbonyl (C=O) groups excluding carboxylic acids is 1. The van der Waals surface area contributed by atoms with Gasteiger partial charge in [0, 0.05) is 17.3 Å². The summed E-state index contributed by atoms with van der Waals surface area (Å²) in [4.78, 5) is 24.7. The number of fused-ring (bicyclic) bond motifs is 1. The zero-order valence-corrected chi connectivity index (χ0v) is 18.9. The molecule has 4 aromatic rings. The predicted molar refractivity (Wildman–Crippen MR) is 131 cm³/mol. The number of carbonyl (C=O) groups is 1. The van der Waals surface area contributed by atoms with Gasteiger partial charge in [0.05, 0.1) is 17.7 Å². The second-order valence-corrected chi connectivity index (χ2v) is 7.44. The number of nitro groups is 1. The van der Waals surface area contributed by atoms with Crippen LogP contribution in [0.2, 0.25) is 0 Å². The summed E-state index contributed by atoms with van der Waals surface area (Å²) in [6.45, 7) is 1.88. The Morgan fingerprint density at radius 2 is 1.76 bits per heavy atom. The fourth-order valence-corrected chi connectivity index (χ4v) is 3.38. The zero-order valence-electron chi connectivity index (χ0n) is 18.1. The molecular weight excluding hydrogens is 460 g/mol. The largest absolute Gasteiger partial charge is 0.490 e. The molecular formula is C22H20N6O5S. The van der Waals surface area contributed by atoms with E-state index in [1.165, 1.54) is 19.2 Å². The van der Waals surface area contributed by atoms with E-state index < -0.39 is 10.8 Å². The van der Waals surface area contributed by atoms with Crippen molar-refractivity contribution in [1.29, 1.82) is 0 Å². The Morgan fingerprint density at radius 1 is 1.09 bits per heavy atom. The van der Waals surface area contributed by atoms with Crippen molar-refractivity contribution in [2.45, 2.75) is 6.92 Å². The third-order valence-corrected chi connectivity index (χ3v) is 5.03. The van der Waals surface area contributed by atoms with Crippen molar-refractivity contribution in [3.63, 3.8) is 0 Å². The quantitative estimate of drug-likeness (QED) is 0.251. The first kappa shape index (κ1) is 24.2. The van der Waals surface area contributed by atoms with Crippen molar-refractivity contribution in [3.05, 3.63) is 81.9 Å². The van der Waals surface area contributed by atoms with Crippen LogP contribution in [0.3, 0.4) is 0 Å². The van der Waals surface area contributed by atoms with Crippen LogP contribution in [0.25, 0.3) is 16.7 Å². The Morgan fingerprint density at radius 3 is 2.41 bits per heavy atom. The number of hydrogen-bond donors (Lipinski definition) is 2. The van der Waals surface area contributed by atoms with Gasteiger partial charge in [-0.15, -0.1) is 10.2 Å². The van der Waals surface area contributed by atoms with Crippen molar-refractivity contribution in [1.82, 2.24) is 20.3 Å². The number of nitrogens with zero attached hydrogens (tertiary/aromatic N) is 4. The maximum atomic E-state index is 12.5. The number of nitrogens with one attached hydrogen (secondary N) is 2. The smallest absolute Gasteiger partial charge is 0.311 e. The summed E-state index contributed by atoms with van der Waals surface area (Å²) in [6.07, 6.45) is 0. The number of amides is 1. The molecule has 12 heteroatoms. The third-order valence-electron chi connectivity index (χ3n) is 4.83. The second kappa shape index (κ2) is 10.0. The average molecular weight is 481 g/mol. The van der Waals surface area contributed by atoms with Crippen LogP contribution in [0.5, 0.6) is 5.75 Å². The van der Waals surface area contributed by atoms with E-state index >= 15 is 0 Å². The molecule has 3 aromatic carbocycles. The number of nitro benzene ring substituents is 1. The van der Waals surface area contributed by atoms with Crippen LogP contribution in [-0.2, 0) is 0 Å². The van der Waals surface area contributed by atoms with Gasteiger partial charge in [-0.3, -0.25) is 20.2 Å². The molecule has 0 bridgehead atoms. The van der Waals surface area contributed by atoms with E-state index in [0.717, 1.165) is 17.3 Å². The number of para-hydroxylation sites is 1. The molecule has 4 rings (SSSR count). The monoisotopic (exact) mass is 480 g/mol. The summed E-state index contributed by atoms with van der Waals surface area (Å²) in [7, 11) is 1.32. The van der Waals surface area contributed by atoms with Crippen LogP contribution in [0, 0.1) is 17.0 Å². The number of anilines is 1. The van der Waals surface area contributed by atoms with Crippen molar-refractivity contribution >= 4 is 45.6 Å². The molecule has 1 amide bonds. The van der Waals surface area contributed by atoms with E-state index in [-0.39, 0.29) is 27.6 Å². The van der Waals surface area contributed by atoms with Gasteiger partial charge >= 0.3 is 5.69 Å². The number of rotatable bonds is 5. The van der Waals surface area contributed by atoms with E-state index in [1.54, 1.807) is 10.9 Å². The zero-order chi connectivity index (χ0) is 23.5. The lowest BCUT2D eigenvalue weighted by atomic mass is 10.1. The van der Waals surface area contributed by atoms with E-state index in [4.69, 9.17) is 17.0 Å². The lowest BCUT2D eigenvalue weighted by Gasteiger charge is -2.12. The molecule has 0 atom stereocenters. The maximum Gasteiger partial charge on any atom is 0.311 e. The molecule has 0 aliphatic rings. The number of aromatic nitrogens is 3. The minimum absolute atomic E-state index is 0. The van der Waals surface area contributed by atoms with Gasteiger partial charge in [0.2, 0.25) is 0 Å². The molecule has 0 saturated carbocycles. The first-order valence-electron chi connectivity index (χ1n) is 9.73. The van der Waals surface area contributed by atoms with Crippen LogP contribution in [0.4, 0.5) is 11.4 Å². The number of aryl methyl sites for hydroxylation is 1. The predicted octanol–water partition coefficient (Wildman–Crippen LogP) is 2.95. The normalized spacial score (nSPS) is 10.3. The molecule has 0 fully saturated rings. The Labute approximate surface area is 198 Å². The fourth-order valence-electron chi connectivity index (χ4n) is 3.18. The van der Waals surface area contributed by atoms with Gasteiger partial charge in [0.15, 0.2) is 10.9 Å². The van der Waals surface area contributed by atoms with Crippen LogP contribution in [-0.4, -0.2) is 43.5 Å². The van der Waals surface area contributed by atoms with Crippen molar-refractivity contribution in [2.24, 2.45) is 0 Å². The Bertz CT molecular complexity index is 1390. The summed E-state index contributed by atoms with van der Waals surface area (Å²) in [5.41, 5.74) is 3.44. The first-order valence-corrected chi connectivity index (χ1v) is 10.1. The molecule has 34 heavy (non-hydrogen) atoms. The van der Waals surface area contributed by atoms with E-state index in [9.17, 15) is 14.9 Å². The average Bonchev–Trinajstić information content (AvgIpc) is 3.22. The molecule has 0 saturated heterocycles. The standard InChI is InChI=1S/C22H18N6O4S.H2O/c1-13-10-17-18(26-27(25-17)15-6-4-3-5-7-15)12-16(13)23-22(33)24-21(29)14-8-9-20(32-2)19(11-14)28(30)31;/h3-12H,1-2H3,(H2,23,24,29,33);1H2. The van der Waals surface area contributed by atoms with Crippen LogP contribution < -0.4 is 15.4 Å². The SMILES string of the molecule is COc1ccc(C(=O)NC(=S)Nc2cc3nn(-c4ccccc4)nc3cc2C)cc1[N+](=O)[O-].O. The molecule has 0 aliphatic heterocycles. The van der Waals surface area contributed by atoms with Gasteiger partial charge in [0.25, 0.3) is 5.91 Å². The number of thiocarbonyl (C=S) groups is 1. The number of benzene rings is 3. The van der Waals surface area contributed by atoms with E-state index in [0.29, 0.717) is 16.7 Å². The number of ether oxygens (including phenoxy) is 1. The van der Waals surface area contributed by atoms with Gasteiger partial charge in [-0.05, 0) is 61.1 Å². The molecule has 1 heterocycles. The first-order chi connectivity index (χ1) is 15.9. The van der Waals surface area contributed by atoms with Crippen LogP contribution in [0.15, 0.2) is 60.7 Å². The molecule has 4 N–H and O–H groups in total. The van der Waals surface area contributed by atoms with Crippen molar-refractivity contribution in [2.75, 3.05) is 12.4 Å². The van der Waals surface area contributed by atoms with E-state index in [1.807, 2.05) is 43.3 Å². The van der Waals surface area contributed by atoms with Gasteiger partial charge in [0.1, 0.15) is 11.0 Å². The van der Waals surface area contributed by atoms with Gasteiger partial charge in [-0.2, -0.15) is 4.80 Å². The molecule has 0 unspecified atom stereocenters. The molecule has 174 valence electrons. The summed E-state index contributed by atoms with van der Waals surface area (Å²) in [5, 5.41) is 25.7. The van der Waals surface area contributed by atoms with Gasteiger partial charge in [-0.1, -0.05) is 18.2 Å².